The van der Waals surface area contributed by atoms with Crippen molar-refractivity contribution in [2.45, 2.75) is 32.2 Å². The van der Waals surface area contributed by atoms with Crippen LogP contribution < -0.4 is 0 Å². The Bertz CT molecular complexity index is 441. The first-order valence-corrected chi connectivity index (χ1v) is 6.29. The molecule has 2 nitrogen and oxygen atoms in total. The molecule has 1 saturated heterocycles. The smallest absolute Gasteiger partial charge is 0.151 e. The van der Waals surface area contributed by atoms with Gasteiger partial charge in [0.15, 0.2) is 5.78 Å². The molecule has 0 bridgehead atoms. The summed E-state index contributed by atoms with van der Waals surface area (Å²) in [7, 11) is 0. The SMILES string of the molecule is CC(=O)C(c1ccc(F)cc1F)N1CCCCC1. The van der Waals surface area contributed by atoms with Crippen LogP contribution in [0.1, 0.15) is 37.8 Å². The number of piperidine rings is 1. The maximum atomic E-state index is 13.8. The summed E-state index contributed by atoms with van der Waals surface area (Å²) in [6.45, 7) is 3.05. The van der Waals surface area contributed by atoms with Gasteiger partial charge >= 0.3 is 0 Å². The number of rotatable bonds is 3. The van der Waals surface area contributed by atoms with Gasteiger partial charge in [0.2, 0.25) is 0 Å². The number of hydrogen-bond donors (Lipinski definition) is 0. The van der Waals surface area contributed by atoms with E-state index in [1.807, 2.05) is 4.90 Å². The van der Waals surface area contributed by atoms with Gasteiger partial charge in [-0.05, 0) is 38.9 Å². The maximum absolute atomic E-state index is 13.8. The number of likely N-dealkylation sites (tertiary alicyclic amines) is 1. The number of carbonyl (C=O) groups excluding carboxylic acids is 1. The van der Waals surface area contributed by atoms with Gasteiger partial charge in [0.25, 0.3) is 0 Å². The molecule has 1 fully saturated rings. The summed E-state index contributed by atoms with van der Waals surface area (Å²) in [5.74, 6) is -1.35. The molecule has 0 amide bonds. The van der Waals surface area contributed by atoms with Crippen molar-refractivity contribution in [3.63, 3.8) is 0 Å². The maximum Gasteiger partial charge on any atom is 0.151 e. The molecule has 1 aromatic carbocycles. The molecule has 1 aromatic rings. The highest BCUT2D eigenvalue weighted by Gasteiger charge is 2.28. The van der Waals surface area contributed by atoms with E-state index in [9.17, 15) is 13.6 Å². The van der Waals surface area contributed by atoms with Crippen molar-refractivity contribution in [2.24, 2.45) is 0 Å². The van der Waals surface area contributed by atoms with Crippen LogP contribution in [0, 0.1) is 11.6 Å². The molecular weight excluding hydrogens is 236 g/mol. The summed E-state index contributed by atoms with van der Waals surface area (Å²) in [5.41, 5.74) is 0.283. The van der Waals surface area contributed by atoms with Crippen LogP contribution in [0.15, 0.2) is 18.2 Å². The molecule has 1 heterocycles. The van der Waals surface area contributed by atoms with Crippen LogP contribution in [-0.2, 0) is 4.79 Å². The van der Waals surface area contributed by atoms with Crippen molar-refractivity contribution in [3.05, 3.63) is 35.4 Å². The lowest BCUT2D eigenvalue weighted by molar-refractivity contribution is -0.122. The van der Waals surface area contributed by atoms with Crippen LogP contribution in [-0.4, -0.2) is 23.8 Å². The molecule has 1 aliphatic heterocycles. The van der Waals surface area contributed by atoms with Crippen molar-refractivity contribution >= 4 is 5.78 Å². The zero-order chi connectivity index (χ0) is 13.1. The van der Waals surface area contributed by atoms with Crippen molar-refractivity contribution < 1.29 is 13.6 Å². The molecule has 4 heteroatoms. The van der Waals surface area contributed by atoms with Gasteiger partial charge in [-0.15, -0.1) is 0 Å². The topological polar surface area (TPSA) is 20.3 Å². The molecule has 18 heavy (non-hydrogen) atoms. The zero-order valence-corrected chi connectivity index (χ0v) is 10.5. The molecule has 0 radical (unpaired) electrons. The number of carbonyl (C=O) groups is 1. The molecule has 0 aromatic heterocycles. The van der Waals surface area contributed by atoms with E-state index in [-0.39, 0.29) is 11.3 Å². The third-order valence-corrected chi connectivity index (χ3v) is 3.40. The highest BCUT2D eigenvalue weighted by Crippen LogP contribution is 2.27. The van der Waals surface area contributed by atoms with Crippen LogP contribution in [0.2, 0.25) is 0 Å². The van der Waals surface area contributed by atoms with Gasteiger partial charge in [-0.1, -0.05) is 12.5 Å². The number of Topliss-reactive ketones (excluding diaryl/α,β-unsaturated/α-hetero) is 1. The van der Waals surface area contributed by atoms with Crippen molar-refractivity contribution in [1.82, 2.24) is 4.90 Å². The highest BCUT2D eigenvalue weighted by atomic mass is 19.1. The lowest BCUT2D eigenvalue weighted by Crippen LogP contribution is -2.37. The Balaban J connectivity index is 2.31. The lowest BCUT2D eigenvalue weighted by Gasteiger charge is -2.33. The third-order valence-electron chi connectivity index (χ3n) is 3.40. The number of nitrogens with zero attached hydrogens (tertiary/aromatic N) is 1. The summed E-state index contributed by atoms with van der Waals surface area (Å²) in [4.78, 5) is 13.8. The minimum absolute atomic E-state index is 0.0950. The van der Waals surface area contributed by atoms with Crippen molar-refractivity contribution in [1.29, 1.82) is 0 Å². The summed E-state index contributed by atoms with van der Waals surface area (Å²) in [5, 5.41) is 0. The monoisotopic (exact) mass is 253 g/mol. The number of ketones is 1. The molecule has 0 saturated carbocycles. The fourth-order valence-corrected chi connectivity index (χ4v) is 2.57. The van der Waals surface area contributed by atoms with Gasteiger partial charge in [0.1, 0.15) is 11.6 Å². The number of halogens is 2. The van der Waals surface area contributed by atoms with Crippen molar-refractivity contribution in [2.75, 3.05) is 13.1 Å². The van der Waals surface area contributed by atoms with Gasteiger partial charge < -0.3 is 0 Å². The highest BCUT2D eigenvalue weighted by molar-refractivity contribution is 5.83. The molecule has 1 unspecified atom stereocenters. The summed E-state index contributed by atoms with van der Waals surface area (Å²) in [6.07, 6.45) is 3.19. The molecule has 0 aliphatic carbocycles. The quantitative estimate of drug-likeness (QED) is 0.825. The van der Waals surface area contributed by atoms with Crippen LogP contribution >= 0.6 is 0 Å². The molecule has 0 spiro atoms. The predicted octanol–water partition coefficient (Wildman–Crippen LogP) is 3.08. The Morgan fingerprint density at radius 3 is 2.44 bits per heavy atom. The second-order valence-corrected chi connectivity index (χ2v) is 4.78. The largest absolute Gasteiger partial charge is 0.298 e. The van der Waals surface area contributed by atoms with Gasteiger partial charge in [0, 0.05) is 11.6 Å². The van der Waals surface area contributed by atoms with Crippen LogP contribution in [0.25, 0.3) is 0 Å². The summed E-state index contributed by atoms with van der Waals surface area (Å²) >= 11 is 0. The number of hydrogen-bond acceptors (Lipinski definition) is 2. The van der Waals surface area contributed by atoms with Crippen molar-refractivity contribution in [3.8, 4) is 0 Å². The van der Waals surface area contributed by atoms with Gasteiger partial charge in [0.05, 0.1) is 6.04 Å². The normalized spacial score (nSPS) is 18.6. The zero-order valence-electron chi connectivity index (χ0n) is 10.5. The van der Waals surface area contributed by atoms with Crippen LogP contribution in [0.3, 0.4) is 0 Å². The predicted molar refractivity (Wildman–Crippen MR) is 65.2 cm³/mol. The van der Waals surface area contributed by atoms with E-state index in [1.54, 1.807) is 0 Å². The van der Waals surface area contributed by atoms with E-state index in [0.717, 1.165) is 38.4 Å². The average Bonchev–Trinajstić information content (AvgIpc) is 2.33. The van der Waals surface area contributed by atoms with Crippen LogP contribution in [0.5, 0.6) is 0 Å². The molecule has 0 N–H and O–H groups in total. The second kappa shape index (κ2) is 5.57. The van der Waals surface area contributed by atoms with E-state index < -0.39 is 17.7 Å². The summed E-state index contributed by atoms with van der Waals surface area (Å²) < 4.78 is 26.7. The lowest BCUT2D eigenvalue weighted by atomic mass is 9.98. The Kier molecular flexibility index (Phi) is 4.07. The summed E-state index contributed by atoms with van der Waals surface area (Å²) in [6, 6.07) is 2.85. The van der Waals surface area contributed by atoms with Crippen LogP contribution in [0.4, 0.5) is 8.78 Å². The Morgan fingerprint density at radius 1 is 1.22 bits per heavy atom. The number of benzene rings is 1. The molecule has 2 rings (SSSR count). The Hall–Kier alpha value is -1.29. The first-order valence-electron chi connectivity index (χ1n) is 6.29. The van der Waals surface area contributed by atoms with E-state index in [0.29, 0.717) is 0 Å². The van der Waals surface area contributed by atoms with Gasteiger partial charge in [-0.2, -0.15) is 0 Å². The third kappa shape index (κ3) is 2.75. The fourth-order valence-electron chi connectivity index (χ4n) is 2.57. The van der Waals surface area contributed by atoms with Gasteiger partial charge in [-0.25, -0.2) is 8.78 Å². The van der Waals surface area contributed by atoms with E-state index in [1.165, 1.54) is 19.1 Å². The van der Waals surface area contributed by atoms with E-state index in [4.69, 9.17) is 0 Å². The minimum Gasteiger partial charge on any atom is -0.298 e. The first kappa shape index (κ1) is 13.1. The van der Waals surface area contributed by atoms with E-state index in [2.05, 4.69) is 0 Å². The molecule has 1 aliphatic rings. The Labute approximate surface area is 106 Å². The first-order chi connectivity index (χ1) is 8.59. The Morgan fingerprint density at radius 2 is 1.89 bits per heavy atom. The van der Waals surface area contributed by atoms with Gasteiger partial charge in [-0.3, -0.25) is 9.69 Å². The second-order valence-electron chi connectivity index (χ2n) is 4.78. The molecule has 1 atom stereocenters. The molecule has 98 valence electrons. The standard InChI is InChI=1S/C14H17F2NO/c1-10(18)14(17-7-3-2-4-8-17)12-6-5-11(15)9-13(12)16/h5-6,9,14H,2-4,7-8H2,1H3. The molecular formula is C14H17F2NO. The minimum atomic E-state index is -0.638. The van der Waals surface area contributed by atoms with E-state index >= 15 is 0 Å². The average molecular weight is 253 g/mol. The fraction of sp³-hybridized carbons (Fsp3) is 0.500.